The molecule has 3 rings (SSSR count). The van der Waals surface area contributed by atoms with Gasteiger partial charge in [0.25, 0.3) is 5.91 Å². The second kappa shape index (κ2) is 11.5. The SMILES string of the molecule is COc1cc(CSCc2csc(NC(=O)COc3ccccc3OC)n2)cc(OC)c1. The molecule has 3 aromatic rings. The van der Waals surface area contributed by atoms with E-state index in [0.717, 1.165) is 34.3 Å². The first-order chi connectivity index (χ1) is 15.1. The van der Waals surface area contributed by atoms with Crippen molar-refractivity contribution < 1.29 is 23.7 Å². The molecule has 7 nitrogen and oxygen atoms in total. The molecule has 0 unspecified atom stereocenters. The van der Waals surface area contributed by atoms with Gasteiger partial charge in [0.2, 0.25) is 0 Å². The molecule has 0 atom stereocenters. The Hall–Kier alpha value is -2.91. The first-order valence-electron chi connectivity index (χ1n) is 9.41. The van der Waals surface area contributed by atoms with Crippen molar-refractivity contribution >= 4 is 34.1 Å². The lowest BCUT2D eigenvalue weighted by Gasteiger charge is -2.09. The van der Waals surface area contributed by atoms with E-state index in [0.29, 0.717) is 16.6 Å². The van der Waals surface area contributed by atoms with Gasteiger partial charge in [-0.05, 0) is 29.8 Å². The zero-order valence-electron chi connectivity index (χ0n) is 17.5. The summed E-state index contributed by atoms with van der Waals surface area (Å²) in [5.41, 5.74) is 2.02. The molecule has 1 N–H and O–H groups in total. The van der Waals surface area contributed by atoms with Crippen LogP contribution in [0.4, 0.5) is 5.13 Å². The predicted molar refractivity (Wildman–Crippen MR) is 124 cm³/mol. The molecule has 164 valence electrons. The summed E-state index contributed by atoms with van der Waals surface area (Å²) in [6, 6.07) is 13.0. The van der Waals surface area contributed by atoms with Crippen LogP contribution in [0.5, 0.6) is 23.0 Å². The van der Waals surface area contributed by atoms with Gasteiger partial charge in [0, 0.05) is 23.0 Å². The number of benzene rings is 2. The highest BCUT2D eigenvalue weighted by Gasteiger charge is 2.10. The maximum absolute atomic E-state index is 12.2. The molecule has 0 radical (unpaired) electrons. The topological polar surface area (TPSA) is 78.9 Å². The Bertz CT molecular complexity index is 987. The lowest BCUT2D eigenvalue weighted by molar-refractivity contribution is -0.118. The lowest BCUT2D eigenvalue weighted by atomic mass is 10.2. The van der Waals surface area contributed by atoms with E-state index in [1.54, 1.807) is 45.2 Å². The van der Waals surface area contributed by atoms with E-state index in [9.17, 15) is 4.79 Å². The fraction of sp³-hybridized carbons (Fsp3) is 0.273. The number of thiazole rings is 1. The molecule has 31 heavy (non-hydrogen) atoms. The molecule has 9 heteroatoms. The number of anilines is 1. The maximum atomic E-state index is 12.2. The summed E-state index contributed by atoms with van der Waals surface area (Å²) in [6.07, 6.45) is 0. The smallest absolute Gasteiger partial charge is 0.264 e. The number of thioether (sulfide) groups is 1. The number of rotatable bonds is 11. The summed E-state index contributed by atoms with van der Waals surface area (Å²) >= 11 is 3.11. The Morgan fingerprint density at radius 2 is 1.71 bits per heavy atom. The molecule has 1 aromatic heterocycles. The largest absolute Gasteiger partial charge is 0.497 e. The van der Waals surface area contributed by atoms with Gasteiger partial charge in [-0.1, -0.05) is 12.1 Å². The molecule has 0 saturated heterocycles. The highest BCUT2D eigenvalue weighted by Crippen LogP contribution is 2.28. The second-order valence-electron chi connectivity index (χ2n) is 6.35. The molecule has 0 bridgehead atoms. The fourth-order valence-corrected chi connectivity index (χ4v) is 4.38. The van der Waals surface area contributed by atoms with Crippen LogP contribution in [0.2, 0.25) is 0 Å². The summed E-state index contributed by atoms with van der Waals surface area (Å²) in [6.45, 7) is -0.123. The van der Waals surface area contributed by atoms with Crippen molar-refractivity contribution in [2.24, 2.45) is 0 Å². The van der Waals surface area contributed by atoms with Gasteiger partial charge >= 0.3 is 0 Å². The van der Waals surface area contributed by atoms with Crippen LogP contribution in [0.3, 0.4) is 0 Å². The molecular weight excluding hydrogens is 436 g/mol. The number of methoxy groups -OCH3 is 3. The molecule has 0 saturated carbocycles. The van der Waals surface area contributed by atoms with Crippen LogP contribution in [-0.2, 0) is 16.3 Å². The van der Waals surface area contributed by atoms with Crippen molar-refractivity contribution in [3.8, 4) is 23.0 Å². The Balaban J connectivity index is 1.46. The van der Waals surface area contributed by atoms with Gasteiger partial charge in [-0.15, -0.1) is 11.3 Å². The fourth-order valence-electron chi connectivity index (χ4n) is 2.69. The number of aromatic nitrogens is 1. The minimum absolute atomic E-state index is 0.123. The van der Waals surface area contributed by atoms with Gasteiger partial charge < -0.3 is 18.9 Å². The third-order valence-electron chi connectivity index (χ3n) is 4.16. The van der Waals surface area contributed by atoms with Crippen molar-refractivity contribution in [3.05, 3.63) is 59.1 Å². The number of hydrogen-bond acceptors (Lipinski definition) is 8. The van der Waals surface area contributed by atoms with Gasteiger partial charge in [0.1, 0.15) is 11.5 Å². The van der Waals surface area contributed by atoms with E-state index in [2.05, 4.69) is 10.3 Å². The lowest BCUT2D eigenvalue weighted by Crippen LogP contribution is -2.20. The first-order valence-corrected chi connectivity index (χ1v) is 11.4. The number of nitrogens with zero attached hydrogens (tertiary/aromatic N) is 1. The van der Waals surface area contributed by atoms with Crippen molar-refractivity contribution in [2.75, 3.05) is 33.3 Å². The number of carbonyl (C=O) groups is 1. The Kier molecular flexibility index (Phi) is 8.43. The molecule has 2 aromatic carbocycles. The number of para-hydroxylation sites is 2. The van der Waals surface area contributed by atoms with Gasteiger partial charge in [-0.25, -0.2) is 4.98 Å². The summed E-state index contributed by atoms with van der Waals surface area (Å²) in [5.74, 6) is 3.88. The van der Waals surface area contributed by atoms with Crippen LogP contribution in [0.15, 0.2) is 47.8 Å². The van der Waals surface area contributed by atoms with Crippen molar-refractivity contribution in [1.82, 2.24) is 4.98 Å². The molecule has 0 aliphatic carbocycles. The van der Waals surface area contributed by atoms with Crippen molar-refractivity contribution in [2.45, 2.75) is 11.5 Å². The highest BCUT2D eigenvalue weighted by molar-refractivity contribution is 7.97. The Labute approximate surface area is 189 Å². The zero-order chi connectivity index (χ0) is 22.1. The second-order valence-corrected chi connectivity index (χ2v) is 8.19. The van der Waals surface area contributed by atoms with Crippen LogP contribution in [0, 0.1) is 0 Å². The van der Waals surface area contributed by atoms with Crippen LogP contribution in [-0.4, -0.2) is 38.8 Å². The quantitative estimate of drug-likeness (QED) is 0.447. The average molecular weight is 461 g/mol. The van der Waals surface area contributed by atoms with E-state index in [4.69, 9.17) is 18.9 Å². The van der Waals surface area contributed by atoms with E-state index in [1.807, 2.05) is 35.7 Å². The Morgan fingerprint density at radius 1 is 1.00 bits per heavy atom. The number of nitrogens with one attached hydrogen (secondary N) is 1. The third-order valence-corrected chi connectivity index (χ3v) is 6.00. The summed E-state index contributed by atoms with van der Waals surface area (Å²) in [4.78, 5) is 16.6. The van der Waals surface area contributed by atoms with Crippen LogP contribution < -0.4 is 24.3 Å². The number of amides is 1. The normalized spacial score (nSPS) is 10.4. The monoisotopic (exact) mass is 460 g/mol. The van der Waals surface area contributed by atoms with Gasteiger partial charge in [-0.2, -0.15) is 11.8 Å². The highest BCUT2D eigenvalue weighted by atomic mass is 32.2. The Morgan fingerprint density at radius 3 is 2.39 bits per heavy atom. The molecule has 1 amide bonds. The first kappa shape index (κ1) is 22.8. The van der Waals surface area contributed by atoms with Gasteiger partial charge in [-0.3, -0.25) is 10.1 Å². The minimum atomic E-state index is -0.275. The number of carbonyl (C=O) groups excluding carboxylic acids is 1. The van der Waals surface area contributed by atoms with Crippen LogP contribution in [0.1, 0.15) is 11.3 Å². The van der Waals surface area contributed by atoms with Crippen LogP contribution in [0.25, 0.3) is 0 Å². The average Bonchev–Trinajstić information content (AvgIpc) is 3.24. The van der Waals surface area contributed by atoms with Gasteiger partial charge in [0.05, 0.1) is 27.0 Å². The standard InChI is InChI=1S/C22H24N2O5S2/c1-26-17-8-15(9-18(10-17)27-2)12-30-13-16-14-31-22(23-16)24-21(25)11-29-20-7-5-4-6-19(20)28-3/h4-10,14H,11-13H2,1-3H3,(H,23,24,25). The van der Waals surface area contributed by atoms with Crippen molar-refractivity contribution in [3.63, 3.8) is 0 Å². The molecule has 1 heterocycles. The van der Waals surface area contributed by atoms with E-state index in [1.165, 1.54) is 11.3 Å². The number of hydrogen-bond donors (Lipinski definition) is 1. The summed E-state index contributed by atoms with van der Waals surface area (Å²) in [7, 11) is 4.83. The molecule has 0 spiro atoms. The molecule has 0 aliphatic rings. The third kappa shape index (κ3) is 6.80. The van der Waals surface area contributed by atoms with Gasteiger partial charge in [0.15, 0.2) is 23.2 Å². The minimum Gasteiger partial charge on any atom is -0.497 e. The predicted octanol–water partition coefficient (Wildman–Crippen LogP) is 4.62. The zero-order valence-corrected chi connectivity index (χ0v) is 19.2. The molecule has 0 fully saturated rings. The maximum Gasteiger partial charge on any atom is 0.264 e. The summed E-state index contributed by atoms with van der Waals surface area (Å²) in [5, 5.41) is 5.26. The van der Waals surface area contributed by atoms with Crippen molar-refractivity contribution in [1.29, 1.82) is 0 Å². The van der Waals surface area contributed by atoms with E-state index in [-0.39, 0.29) is 12.5 Å². The van der Waals surface area contributed by atoms with E-state index < -0.39 is 0 Å². The molecule has 0 aliphatic heterocycles. The number of ether oxygens (including phenoxy) is 4. The summed E-state index contributed by atoms with van der Waals surface area (Å²) < 4.78 is 21.4. The molecular formula is C22H24N2O5S2. The van der Waals surface area contributed by atoms with Crippen LogP contribution >= 0.6 is 23.1 Å². The van der Waals surface area contributed by atoms with E-state index >= 15 is 0 Å².